The largest absolute Gasteiger partial charge is 0.573 e. The molecule has 4 atom stereocenters. The first-order valence-electron chi connectivity index (χ1n) is 14.7. The van der Waals surface area contributed by atoms with Crippen molar-refractivity contribution in [2.24, 2.45) is 5.92 Å². The molecule has 4 aliphatic rings. The quantitative estimate of drug-likeness (QED) is 0.222. The van der Waals surface area contributed by atoms with E-state index >= 15 is 4.39 Å². The highest BCUT2D eigenvalue weighted by molar-refractivity contribution is 6.31. The second-order valence-corrected chi connectivity index (χ2v) is 13.3. The van der Waals surface area contributed by atoms with Crippen molar-refractivity contribution in [3.63, 3.8) is 0 Å². The third-order valence-corrected chi connectivity index (χ3v) is 10.4. The molecular weight excluding hydrogens is 651 g/mol. The molecule has 46 heavy (non-hydrogen) atoms. The van der Waals surface area contributed by atoms with Crippen LogP contribution in [-0.2, 0) is 17.8 Å². The summed E-state index contributed by atoms with van der Waals surface area (Å²) in [5, 5.41) is 13.1. The number of nitrogens with one attached hydrogen (secondary N) is 1. The molecule has 3 aliphatic heterocycles. The summed E-state index contributed by atoms with van der Waals surface area (Å²) in [6.45, 7) is 0.771. The third-order valence-electron chi connectivity index (χ3n) is 9.85. The van der Waals surface area contributed by atoms with E-state index in [0.29, 0.717) is 29.0 Å². The lowest BCUT2D eigenvalue weighted by molar-refractivity contribution is -0.274. The van der Waals surface area contributed by atoms with E-state index < -0.39 is 46.8 Å². The summed E-state index contributed by atoms with van der Waals surface area (Å²) in [6.07, 6.45) is -2.94. The summed E-state index contributed by atoms with van der Waals surface area (Å²) in [6, 6.07) is 11.6. The smallest absolute Gasteiger partial charge is 0.478 e. The van der Waals surface area contributed by atoms with E-state index in [2.05, 4.69) is 15.0 Å². The minimum absolute atomic E-state index is 0.111. The molecule has 1 saturated carbocycles. The van der Waals surface area contributed by atoms with Crippen molar-refractivity contribution in [3.05, 3.63) is 86.9 Å². The molecule has 238 valence electrons. The van der Waals surface area contributed by atoms with Crippen molar-refractivity contribution in [2.75, 3.05) is 11.9 Å². The Balaban J connectivity index is 1.36. The number of nitrogens with zero attached hydrogens (tertiary/aromatic N) is 3. The molecule has 1 spiro atoms. The number of alkyl halides is 3. The molecule has 2 N–H and O–H groups in total. The first kappa shape index (κ1) is 29.5. The molecule has 0 bridgehead atoms. The van der Waals surface area contributed by atoms with Crippen LogP contribution in [-0.4, -0.2) is 55.9 Å². The fraction of sp³-hybridized carbons (Fsp3) is 0.344. The lowest BCUT2D eigenvalue weighted by Crippen LogP contribution is -2.61. The monoisotopic (exact) mass is 674 g/mol. The van der Waals surface area contributed by atoms with Crippen LogP contribution < -0.4 is 10.1 Å². The van der Waals surface area contributed by atoms with Gasteiger partial charge in [0.05, 0.1) is 16.1 Å². The van der Waals surface area contributed by atoms with Crippen LogP contribution in [0.25, 0.3) is 11.0 Å². The van der Waals surface area contributed by atoms with Gasteiger partial charge in [0.1, 0.15) is 28.5 Å². The number of benzene rings is 3. The summed E-state index contributed by atoms with van der Waals surface area (Å²) in [4.78, 5) is 33.4. The van der Waals surface area contributed by atoms with E-state index in [4.69, 9.17) is 28.2 Å². The van der Waals surface area contributed by atoms with E-state index in [1.807, 2.05) is 6.07 Å². The van der Waals surface area contributed by atoms with Gasteiger partial charge < -0.3 is 19.7 Å². The maximum Gasteiger partial charge on any atom is 0.573 e. The van der Waals surface area contributed by atoms with E-state index in [9.17, 15) is 27.9 Å². The van der Waals surface area contributed by atoms with Crippen LogP contribution in [0.15, 0.2) is 48.5 Å². The molecule has 3 aromatic carbocycles. The Kier molecular flexibility index (Phi) is 6.46. The summed E-state index contributed by atoms with van der Waals surface area (Å²) in [7, 11) is 0. The lowest BCUT2D eigenvalue weighted by atomic mass is 9.69. The molecule has 2 fully saturated rings. The van der Waals surface area contributed by atoms with E-state index in [1.54, 1.807) is 28.8 Å². The van der Waals surface area contributed by atoms with Crippen molar-refractivity contribution in [2.45, 2.75) is 55.6 Å². The molecule has 1 aliphatic carbocycles. The predicted octanol–water partition coefficient (Wildman–Crippen LogP) is 6.99. The number of aromatic nitrogens is 2. The van der Waals surface area contributed by atoms with Crippen molar-refractivity contribution >= 4 is 51.8 Å². The number of aromatic carboxylic acids is 1. The average Bonchev–Trinajstić information content (AvgIpc) is 3.57. The lowest BCUT2D eigenvalue weighted by Gasteiger charge is -2.46. The average molecular weight is 675 g/mol. The number of carbonyl (C=O) groups excluding carboxylic acids is 1. The zero-order valence-electron chi connectivity index (χ0n) is 23.7. The molecule has 0 unspecified atom stereocenters. The molecule has 0 radical (unpaired) electrons. The first-order chi connectivity index (χ1) is 21.9. The second-order valence-electron chi connectivity index (χ2n) is 12.4. The zero-order chi connectivity index (χ0) is 32.3. The summed E-state index contributed by atoms with van der Waals surface area (Å²) < 4.78 is 61.9. The van der Waals surface area contributed by atoms with Gasteiger partial charge in [0.2, 0.25) is 5.91 Å². The van der Waals surface area contributed by atoms with E-state index in [1.165, 1.54) is 6.07 Å². The Bertz CT molecular complexity index is 1980. The Morgan fingerprint density at radius 1 is 1.15 bits per heavy atom. The topological polar surface area (TPSA) is 96.7 Å². The minimum Gasteiger partial charge on any atom is -0.478 e. The molecule has 14 heteroatoms. The van der Waals surface area contributed by atoms with Gasteiger partial charge in [-0.15, -0.1) is 13.2 Å². The molecule has 4 aromatic rings. The fourth-order valence-corrected chi connectivity index (χ4v) is 8.25. The molecule has 8 rings (SSSR count). The van der Waals surface area contributed by atoms with Gasteiger partial charge in [0.25, 0.3) is 0 Å². The van der Waals surface area contributed by atoms with Crippen molar-refractivity contribution in [1.29, 1.82) is 0 Å². The molecular formula is C32H24Cl2F4N4O4. The van der Waals surface area contributed by atoms with Crippen LogP contribution in [0, 0.1) is 11.7 Å². The highest BCUT2D eigenvalue weighted by atomic mass is 35.5. The maximum absolute atomic E-state index is 16.1. The van der Waals surface area contributed by atoms with Crippen molar-refractivity contribution < 1.29 is 37.0 Å². The Morgan fingerprint density at radius 3 is 2.65 bits per heavy atom. The number of hydrogen-bond acceptors (Lipinski definition) is 5. The van der Waals surface area contributed by atoms with Gasteiger partial charge in [-0.25, -0.2) is 14.2 Å². The number of likely N-dealkylation sites (tertiary alicyclic amines) is 1. The van der Waals surface area contributed by atoms with Gasteiger partial charge in [-0.3, -0.25) is 9.69 Å². The number of halogens is 6. The summed E-state index contributed by atoms with van der Waals surface area (Å²) in [5.74, 6) is -4.15. The SMILES string of the molecule is O=C(O)c1cc2nc3n(c2cc1OC(F)(F)F)C[C@H]1[C@@H]3[C@H](c2cccc(Cl)c2F)[C@@]2(Cc3ccc(Cl)cc3NC2=O)N1CC1CC1. The molecule has 4 heterocycles. The number of hydrogen-bond donors (Lipinski definition) is 2. The minimum atomic E-state index is -5.13. The number of amides is 1. The standard InChI is InChI=1S/C32H24Cl2F4N4O4/c33-16-7-6-15-11-31(30(45)40-20(15)8-16)26(17-2-1-3-19(34)27(17)35)25-23(42(31)12-14-4-5-14)13-41-22-10-24(46-32(36,37)38)18(29(43)44)9-21(22)39-28(25)41/h1-3,6-10,14,23,25-26H,4-5,11-13H2,(H,40,45)(H,43,44)/t23-,25+,26-,31+/m0/s1. The molecule has 1 amide bonds. The highest BCUT2D eigenvalue weighted by Crippen LogP contribution is 2.61. The number of anilines is 1. The number of fused-ring (bicyclic) bond motifs is 6. The second kappa shape index (κ2) is 10.1. The fourth-order valence-electron chi connectivity index (χ4n) is 7.89. The third kappa shape index (κ3) is 4.40. The van der Waals surface area contributed by atoms with Crippen LogP contribution >= 0.6 is 23.2 Å². The van der Waals surface area contributed by atoms with Gasteiger partial charge in [0.15, 0.2) is 0 Å². The Hall–Kier alpha value is -3.87. The van der Waals surface area contributed by atoms with Crippen LogP contribution in [0.5, 0.6) is 5.75 Å². The first-order valence-corrected chi connectivity index (χ1v) is 15.4. The Labute approximate surface area is 268 Å². The number of imidazole rings is 1. The van der Waals surface area contributed by atoms with E-state index in [0.717, 1.165) is 30.5 Å². The van der Waals surface area contributed by atoms with Gasteiger partial charge in [-0.2, -0.15) is 0 Å². The molecule has 1 saturated heterocycles. The summed E-state index contributed by atoms with van der Waals surface area (Å²) >= 11 is 12.6. The molecule has 8 nitrogen and oxygen atoms in total. The van der Waals surface area contributed by atoms with Crippen molar-refractivity contribution in [3.8, 4) is 5.75 Å². The van der Waals surface area contributed by atoms with Gasteiger partial charge in [-0.1, -0.05) is 41.4 Å². The van der Waals surface area contributed by atoms with Crippen molar-refractivity contribution in [1.82, 2.24) is 14.5 Å². The van der Waals surface area contributed by atoms with Crippen LogP contribution in [0.4, 0.5) is 23.2 Å². The maximum atomic E-state index is 16.1. The van der Waals surface area contributed by atoms with Gasteiger partial charge in [0, 0.05) is 54.2 Å². The van der Waals surface area contributed by atoms with E-state index in [-0.39, 0.29) is 46.5 Å². The normalized spacial score (nSPS) is 25.4. The predicted molar refractivity (Wildman–Crippen MR) is 160 cm³/mol. The van der Waals surface area contributed by atoms with Gasteiger partial charge >= 0.3 is 12.3 Å². The number of ether oxygens (including phenoxy) is 1. The number of carboxylic acids is 1. The molecule has 1 aromatic heterocycles. The number of carboxylic acid groups (broad SMARTS) is 1. The van der Waals surface area contributed by atoms with Crippen LogP contribution in [0.2, 0.25) is 10.0 Å². The van der Waals surface area contributed by atoms with Crippen LogP contribution in [0.3, 0.4) is 0 Å². The number of rotatable bonds is 5. The number of carbonyl (C=O) groups is 2. The van der Waals surface area contributed by atoms with Gasteiger partial charge in [-0.05, 0) is 54.2 Å². The highest BCUT2D eigenvalue weighted by Gasteiger charge is 2.67. The Morgan fingerprint density at radius 2 is 1.93 bits per heavy atom. The zero-order valence-corrected chi connectivity index (χ0v) is 25.3. The summed E-state index contributed by atoms with van der Waals surface area (Å²) in [5.41, 5.74) is 0.0379. The van der Waals surface area contributed by atoms with Crippen LogP contribution in [0.1, 0.15) is 52.0 Å².